The van der Waals surface area contributed by atoms with E-state index >= 15 is 0 Å². The molecule has 0 aliphatic carbocycles. The minimum Gasteiger partial charge on any atom is -0.352 e. The number of fused-ring (bicyclic) bond motifs is 1. The van der Waals surface area contributed by atoms with E-state index in [0.717, 1.165) is 35.4 Å². The molecule has 2 N–H and O–H groups in total. The van der Waals surface area contributed by atoms with Gasteiger partial charge in [0.1, 0.15) is 5.82 Å². The maximum Gasteiger partial charge on any atom is 0.251 e. The summed E-state index contributed by atoms with van der Waals surface area (Å²) in [5, 5.41) is 2.99. The van der Waals surface area contributed by atoms with Gasteiger partial charge in [-0.1, -0.05) is 12.1 Å². The molecule has 5 heteroatoms. The van der Waals surface area contributed by atoms with Gasteiger partial charge in [-0.25, -0.2) is 4.98 Å². The summed E-state index contributed by atoms with van der Waals surface area (Å²) in [6.45, 7) is 4.78. The highest BCUT2D eigenvalue weighted by molar-refractivity contribution is 5.94. The van der Waals surface area contributed by atoms with E-state index in [-0.39, 0.29) is 5.91 Å². The normalized spacial score (nSPS) is 11.1. The molecule has 142 valence electrons. The Morgan fingerprint density at radius 1 is 1.00 bits per heavy atom. The molecule has 1 amide bonds. The summed E-state index contributed by atoms with van der Waals surface area (Å²) in [5.74, 6) is 0.911. The minimum atomic E-state index is -0.0443. The van der Waals surface area contributed by atoms with Gasteiger partial charge in [-0.15, -0.1) is 0 Å². The number of hydrogen-bond acceptors (Lipinski definition) is 2. The van der Waals surface area contributed by atoms with Crippen molar-refractivity contribution in [2.75, 3.05) is 6.54 Å². The molecule has 2 aromatic carbocycles. The summed E-state index contributed by atoms with van der Waals surface area (Å²) in [4.78, 5) is 20.3. The standard InChI is InChI=1S/C23H24N4O/c1-16-9-10-17(2)27(16)19-13-11-18(12-14-19)23(28)24-15-5-8-22-25-20-6-3-4-7-21(20)26-22/h3-4,6-7,9-14H,5,8,15H2,1-2H3,(H,24,28)(H,25,26). The summed E-state index contributed by atoms with van der Waals surface area (Å²) in [6.07, 6.45) is 1.64. The topological polar surface area (TPSA) is 62.7 Å². The number of aromatic amines is 1. The third-order valence-electron chi connectivity index (χ3n) is 4.97. The van der Waals surface area contributed by atoms with Crippen molar-refractivity contribution in [2.24, 2.45) is 0 Å². The lowest BCUT2D eigenvalue weighted by Gasteiger charge is -2.10. The molecule has 0 aliphatic rings. The van der Waals surface area contributed by atoms with Crippen LogP contribution in [0, 0.1) is 13.8 Å². The maximum absolute atomic E-state index is 12.4. The van der Waals surface area contributed by atoms with Gasteiger partial charge in [0.25, 0.3) is 5.91 Å². The van der Waals surface area contributed by atoms with Gasteiger partial charge in [-0.2, -0.15) is 0 Å². The Balaban J connectivity index is 1.31. The summed E-state index contributed by atoms with van der Waals surface area (Å²) in [7, 11) is 0. The molecule has 0 atom stereocenters. The largest absolute Gasteiger partial charge is 0.352 e. The van der Waals surface area contributed by atoms with Crippen molar-refractivity contribution < 1.29 is 4.79 Å². The first-order valence-electron chi connectivity index (χ1n) is 9.59. The molecule has 0 spiro atoms. The van der Waals surface area contributed by atoms with Gasteiger partial charge < -0.3 is 14.9 Å². The van der Waals surface area contributed by atoms with Crippen molar-refractivity contribution in [1.29, 1.82) is 0 Å². The highest BCUT2D eigenvalue weighted by Gasteiger charge is 2.08. The third kappa shape index (κ3) is 3.69. The third-order valence-corrected chi connectivity index (χ3v) is 4.97. The lowest BCUT2D eigenvalue weighted by Crippen LogP contribution is -2.24. The van der Waals surface area contributed by atoms with E-state index in [0.29, 0.717) is 12.1 Å². The number of para-hydroxylation sites is 2. The van der Waals surface area contributed by atoms with E-state index in [4.69, 9.17) is 0 Å². The smallest absolute Gasteiger partial charge is 0.251 e. The Morgan fingerprint density at radius 3 is 2.43 bits per heavy atom. The van der Waals surface area contributed by atoms with Crippen LogP contribution in [0.25, 0.3) is 16.7 Å². The molecule has 0 fully saturated rings. The zero-order valence-electron chi connectivity index (χ0n) is 16.2. The molecule has 4 rings (SSSR count). The molecule has 2 heterocycles. The van der Waals surface area contributed by atoms with Crippen LogP contribution in [0.5, 0.6) is 0 Å². The van der Waals surface area contributed by atoms with E-state index in [1.165, 1.54) is 11.4 Å². The summed E-state index contributed by atoms with van der Waals surface area (Å²) in [6, 6.07) is 19.9. The lowest BCUT2D eigenvalue weighted by atomic mass is 10.2. The van der Waals surface area contributed by atoms with Crippen LogP contribution >= 0.6 is 0 Å². The van der Waals surface area contributed by atoms with Gasteiger partial charge in [0.15, 0.2) is 0 Å². The number of nitrogens with zero attached hydrogens (tertiary/aromatic N) is 2. The van der Waals surface area contributed by atoms with Gasteiger partial charge >= 0.3 is 0 Å². The predicted molar refractivity (Wildman–Crippen MR) is 112 cm³/mol. The van der Waals surface area contributed by atoms with Crippen molar-refractivity contribution in [3.8, 4) is 5.69 Å². The molecule has 28 heavy (non-hydrogen) atoms. The van der Waals surface area contributed by atoms with E-state index in [1.54, 1.807) is 0 Å². The second-order valence-electron chi connectivity index (χ2n) is 7.06. The first kappa shape index (κ1) is 18.0. The molecule has 0 unspecified atom stereocenters. The molecule has 0 bridgehead atoms. The Kier molecular flexibility index (Phi) is 4.98. The van der Waals surface area contributed by atoms with Gasteiger partial charge in [0.2, 0.25) is 0 Å². The fraction of sp³-hybridized carbons (Fsp3) is 0.217. The summed E-state index contributed by atoms with van der Waals surface area (Å²) >= 11 is 0. The van der Waals surface area contributed by atoms with Gasteiger partial charge in [-0.3, -0.25) is 4.79 Å². The lowest BCUT2D eigenvalue weighted by molar-refractivity contribution is 0.0953. The summed E-state index contributed by atoms with van der Waals surface area (Å²) in [5.41, 5.74) is 6.14. The second-order valence-corrected chi connectivity index (χ2v) is 7.06. The quantitative estimate of drug-likeness (QED) is 0.495. The van der Waals surface area contributed by atoms with Gasteiger partial charge in [0, 0.05) is 35.6 Å². The molecule has 0 aliphatic heterocycles. The SMILES string of the molecule is Cc1ccc(C)n1-c1ccc(C(=O)NCCCc2nc3ccccc3[nH]2)cc1. The first-order chi connectivity index (χ1) is 13.6. The van der Waals surface area contributed by atoms with Crippen LogP contribution in [0.4, 0.5) is 0 Å². The predicted octanol–water partition coefficient (Wildman–Crippen LogP) is 4.33. The Bertz CT molecular complexity index is 1050. The second kappa shape index (κ2) is 7.72. The van der Waals surface area contributed by atoms with Crippen molar-refractivity contribution in [3.05, 3.63) is 83.4 Å². The minimum absolute atomic E-state index is 0.0443. The molecular weight excluding hydrogens is 348 g/mol. The number of aromatic nitrogens is 3. The van der Waals surface area contributed by atoms with Crippen molar-refractivity contribution >= 4 is 16.9 Å². The monoisotopic (exact) mass is 372 g/mol. The molecule has 0 saturated heterocycles. The van der Waals surface area contributed by atoms with Crippen LogP contribution in [0.2, 0.25) is 0 Å². The number of hydrogen-bond donors (Lipinski definition) is 2. The molecule has 0 saturated carbocycles. The van der Waals surface area contributed by atoms with Crippen LogP contribution < -0.4 is 5.32 Å². The van der Waals surface area contributed by atoms with Crippen molar-refractivity contribution in [3.63, 3.8) is 0 Å². The van der Waals surface area contributed by atoms with Crippen LogP contribution in [0.3, 0.4) is 0 Å². The van der Waals surface area contributed by atoms with Gasteiger partial charge in [0.05, 0.1) is 11.0 Å². The number of carbonyl (C=O) groups is 1. The molecular formula is C23H24N4O. The fourth-order valence-electron chi connectivity index (χ4n) is 3.52. The number of carbonyl (C=O) groups excluding carboxylic acids is 1. The number of aryl methyl sites for hydroxylation is 3. The molecule has 4 aromatic rings. The van der Waals surface area contributed by atoms with E-state index in [2.05, 4.69) is 45.8 Å². The van der Waals surface area contributed by atoms with Gasteiger partial charge in [-0.05, 0) is 68.8 Å². The van der Waals surface area contributed by atoms with E-state index < -0.39 is 0 Å². The van der Waals surface area contributed by atoms with Crippen molar-refractivity contribution in [2.45, 2.75) is 26.7 Å². The number of H-pyrrole nitrogens is 1. The van der Waals surface area contributed by atoms with Crippen molar-refractivity contribution in [1.82, 2.24) is 19.9 Å². The molecule has 0 radical (unpaired) electrons. The number of imidazole rings is 1. The zero-order chi connectivity index (χ0) is 19.5. The highest BCUT2D eigenvalue weighted by Crippen LogP contribution is 2.17. The van der Waals surface area contributed by atoms with Crippen LogP contribution in [0.15, 0.2) is 60.7 Å². The molecule has 2 aromatic heterocycles. The summed E-state index contributed by atoms with van der Waals surface area (Å²) < 4.78 is 2.18. The average molecular weight is 372 g/mol. The Labute approximate surface area is 164 Å². The number of nitrogens with one attached hydrogen (secondary N) is 2. The van der Waals surface area contributed by atoms with E-state index in [9.17, 15) is 4.79 Å². The van der Waals surface area contributed by atoms with Crippen LogP contribution in [-0.4, -0.2) is 27.0 Å². The van der Waals surface area contributed by atoms with E-state index in [1.807, 2.05) is 48.5 Å². The zero-order valence-corrected chi connectivity index (χ0v) is 16.2. The average Bonchev–Trinajstić information content (AvgIpc) is 3.27. The molecule has 5 nitrogen and oxygen atoms in total. The Morgan fingerprint density at radius 2 is 1.71 bits per heavy atom. The first-order valence-corrected chi connectivity index (χ1v) is 9.59. The van der Waals surface area contributed by atoms with Crippen LogP contribution in [0.1, 0.15) is 34.0 Å². The fourth-order valence-corrected chi connectivity index (χ4v) is 3.52. The Hall–Kier alpha value is -3.34. The number of benzene rings is 2. The highest BCUT2D eigenvalue weighted by atomic mass is 16.1. The number of amides is 1. The number of rotatable bonds is 6. The maximum atomic E-state index is 12.4. The van der Waals surface area contributed by atoms with Crippen LogP contribution in [-0.2, 0) is 6.42 Å².